The molecule has 0 spiro atoms. The molecule has 150 valence electrons. The van der Waals surface area contributed by atoms with Crippen LogP contribution in [0.3, 0.4) is 0 Å². The van der Waals surface area contributed by atoms with Crippen LogP contribution in [0.15, 0.2) is 42.5 Å². The maximum Gasteiger partial charge on any atom is 0.219 e. The van der Waals surface area contributed by atoms with Crippen LogP contribution >= 0.6 is 0 Å². The Morgan fingerprint density at radius 2 is 1.75 bits per heavy atom. The molecule has 3 heteroatoms. The van der Waals surface area contributed by atoms with Crippen molar-refractivity contribution in [2.45, 2.75) is 65.5 Å². The van der Waals surface area contributed by atoms with E-state index in [0.29, 0.717) is 6.04 Å². The number of aryl methyl sites for hydroxylation is 3. The molecule has 0 aliphatic carbocycles. The summed E-state index contributed by atoms with van der Waals surface area (Å²) in [6.07, 6.45) is 4.15. The Bertz CT molecular complexity index is 797. The number of hydrogen-bond acceptors (Lipinski definition) is 2. The van der Waals surface area contributed by atoms with Crippen molar-refractivity contribution in [2.24, 2.45) is 0 Å². The zero-order chi connectivity index (χ0) is 20.1. The first kappa shape index (κ1) is 20.6. The number of nitrogens with zero attached hydrogens (tertiary/aromatic N) is 1. The average molecular weight is 379 g/mol. The van der Waals surface area contributed by atoms with Gasteiger partial charge < -0.3 is 10.2 Å². The van der Waals surface area contributed by atoms with Crippen LogP contribution in [-0.2, 0) is 17.6 Å². The summed E-state index contributed by atoms with van der Waals surface area (Å²) < 4.78 is 0. The van der Waals surface area contributed by atoms with E-state index in [1.165, 1.54) is 27.8 Å². The van der Waals surface area contributed by atoms with E-state index in [2.05, 4.69) is 73.5 Å². The lowest BCUT2D eigenvalue weighted by Crippen LogP contribution is -2.56. The molecule has 3 rings (SSSR count). The average Bonchev–Trinajstić information content (AvgIpc) is 2.67. The van der Waals surface area contributed by atoms with Crippen LogP contribution in [0.5, 0.6) is 0 Å². The molecule has 0 aromatic heterocycles. The van der Waals surface area contributed by atoms with E-state index < -0.39 is 0 Å². The number of nitrogens with one attached hydrogen (secondary N) is 1. The Labute approximate surface area is 170 Å². The molecule has 1 saturated heterocycles. The number of carbonyl (C=O) groups excluding carboxylic acids is 1. The van der Waals surface area contributed by atoms with Crippen molar-refractivity contribution < 1.29 is 4.79 Å². The number of benzene rings is 2. The van der Waals surface area contributed by atoms with Gasteiger partial charge in [0.2, 0.25) is 5.91 Å². The Morgan fingerprint density at radius 3 is 2.43 bits per heavy atom. The summed E-state index contributed by atoms with van der Waals surface area (Å²) in [6.45, 7) is 9.98. The van der Waals surface area contributed by atoms with Gasteiger partial charge in [0, 0.05) is 19.5 Å². The van der Waals surface area contributed by atoms with Crippen LogP contribution in [0.25, 0.3) is 0 Å². The zero-order valence-corrected chi connectivity index (χ0v) is 17.8. The predicted molar refractivity (Wildman–Crippen MR) is 117 cm³/mol. The molecule has 2 atom stereocenters. The Balaban J connectivity index is 1.66. The highest BCUT2D eigenvalue weighted by molar-refractivity contribution is 5.73. The normalized spacial score (nSPS) is 19.6. The van der Waals surface area contributed by atoms with Crippen molar-refractivity contribution in [2.75, 3.05) is 13.1 Å². The lowest BCUT2D eigenvalue weighted by molar-refractivity contribution is -0.133. The van der Waals surface area contributed by atoms with Gasteiger partial charge in [-0.25, -0.2) is 0 Å². The smallest absolute Gasteiger partial charge is 0.219 e. The summed E-state index contributed by atoms with van der Waals surface area (Å²) in [5, 5.41) is 3.78. The maximum absolute atomic E-state index is 12.3. The molecule has 2 aromatic carbocycles. The van der Waals surface area contributed by atoms with Crippen LogP contribution in [0, 0.1) is 20.8 Å². The van der Waals surface area contributed by atoms with Crippen LogP contribution in [-0.4, -0.2) is 36.0 Å². The minimum Gasteiger partial charge on any atom is -0.338 e. The van der Waals surface area contributed by atoms with Gasteiger partial charge in [0.15, 0.2) is 0 Å². The molecular formula is C25H34N2O. The zero-order valence-electron chi connectivity index (χ0n) is 17.8. The first-order chi connectivity index (χ1) is 13.4. The van der Waals surface area contributed by atoms with E-state index in [9.17, 15) is 4.79 Å². The van der Waals surface area contributed by atoms with Gasteiger partial charge in [0.05, 0.1) is 6.04 Å². The molecule has 1 amide bonds. The summed E-state index contributed by atoms with van der Waals surface area (Å²) in [5.74, 6) is 0.192. The SMILES string of the molecule is CC(=O)N1CCC[C@H](NCCc2ccc(C)c(C)c2)[C@@H]1Cc1ccc(C)cc1. The molecule has 1 aliphatic rings. The highest BCUT2D eigenvalue weighted by atomic mass is 16.2. The van der Waals surface area contributed by atoms with Crippen molar-refractivity contribution in [3.8, 4) is 0 Å². The van der Waals surface area contributed by atoms with Gasteiger partial charge in [-0.1, -0.05) is 48.0 Å². The number of hydrogen-bond donors (Lipinski definition) is 1. The molecule has 0 radical (unpaired) electrons. The van der Waals surface area contributed by atoms with Crippen molar-refractivity contribution in [3.05, 3.63) is 70.3 Å². The van der Waals surface area contributed by atoms with Crippen LogP contribution in [0.2, 0.25) is 0 Å². The van der Waals surface area contributed by atoms with E-state index in [1.54, 1.807) is 6.92 Å². The fourth-order valence-electron chi connectivity index (χ4n) is 4.27. The third-order valence-electron chi connectivity index (χ3n) is 6.14. The molecule has 3 nitrogen and oxygen atoms in total. The molecule has 0 bridgehead atoms. The molecule has 1 N–H and O–H groups in total. The summed E-state index contributed by atoms with van der Waals surface area (Å²) in [4.78, 5) is 14.3. The number of carbonyl (C=O) groups is 1. The van der Waals surface area contributed by atoms with Crippen LogP contribution in [0.4, 0.5) is 0 Å². The first-order valence-corrected chi connectivity index (χ1v) is 10.6. The fraction of sp³-hybridized carbons (Fsp3) is 0.480. The standard InChI is InChI=1S/C25H34N2O/c1-18-7-10-22(11-8-18)17-25-24(6-5-15-27(25)21(4)28)26-14-13-23-12-9-19(2)20(3)16-23/h7-12,16,24-26H,5-6,13-15,17H2,1-4H3/t24-,25-/m0/s1. The van der Waals surface area contributed by atoms with Gasteiger partial charge in [-0.15, -0.1) is 0 Å². The predicted octanol–water partition coefficient (Wildman–Crippen LogP) is 4.37. The Hall–Kier alpha value is -2.13. The summed E-state index contributed by atoms with van der Waals surface area (Å²) in [7, 11) is 0. The second-order valence-corrected chi connectivity index (χ2v) is 8.34. The van der Waals surface area contributed by atoms with Crippen molar-refractivity contribution in [1.29, 1.82) is 0 Å². The van der Waals surface area contributed by atoms with Gasteiger partial charge in [-0.3, -0.25) is 4.79 Å². The first-order valence-electron chi connectivity index (χ1n) is 10.6. The van der Waals surface area contributed by atoms with E-state index in [1.807, 2.05) is 0 Å². The second-order valence-electron chi connectivity index (χ2n) is 8.34. The highest BCUT2D eigenvalue weighted by Crippen LogP contribution is 2.22. The van der Waals surface area contributed by atoms with Gasteiger partial charge in [0.25, 0.3) is 0 Å². The van der Waals surface area contributed by atoms with E-state index in [-0.39, 0.29) is 11.9 Å². The second kappa shape index (κ2) is 9.38. The Kier molecular flexibility index (Phi) is 6.90. The molecule has 28 heavy (non-hydrogen) atoms. The molecular weight excluding hydrogens is 344 g/mol. The quantitative estimate of drug-likeness (QED) is 0.810. The van der Waals surface area contributed by atoms with Crippen molar-refractivity contribution in [3.63, 3.8) is 0 Å². The van der Waals surface area contributed by atoms with Crippen LogP contribution < -0.4 is 5.32 Å². The number of piperidine rings is 1. The molecule has 1 aliphatic heterocycles. The lowest BCUT2D eigenvalue weighted by Gasteiger charge is -2.41. The summed E-state index contributed by atoms with van der Waals surface area (Å²) in [5.41, 5.74) is 6.67. The summed E-state index contributed by atoms with van der Waals surface area (Å²) in [6, 6.07) is 16.1. The van der Waals surface area contributed by atoms with Gasteiger partial charge in [-0.05, 0) is 75.3 Å². The van der Waals surface area contributed by atoms with Crippen molar-refractivity contribution >= 4 is 5.91 Å². The fourth-order valence-corrected chi connectivity index (χ4v) is 4.27. The number of likely N-dealkylation sites (tertiary alicyclic amines) is 1. The third kappa shape index (κ3) is 5.23. The molecule has 1 fully saturated rings. The molecule has 1 heterocycles. The van der Waals surface area contributed by atoms with E-state index in [4.69, 9.17) is 0 Å². The minimum atomic E-state index is 0.192. The Morgan fingerprint density at radius 1 is 1.04 bits per heavy atom. The minimum absolute atomic E-state index is 0.192. The monoisotopic (exact) mass is 378 g/mol. The number of amides is 1. The van der Waals surface area contributed by atoms with E-state index >= 15 is 0 Å². The largest absolute Gasteiger partial charge is 0.338 e. The third-order valence-corrected chi connectivity index (χ3v) is 6.14. The highest BCUT2D eigenvalue weighted by Gasteiger charge is 2.32. The van der Waals surface area contributed by atoms with Crippen LogP contribution in [0.1, 0.15) is 47.6 Å². The van der Waals surface area contributed by atoms with Crippen molar-refractivity contribution in [1.82, 2.24) is 10.2 Å². The summed E-state index contributed by atoms with van der Waals surface area (Å²) >= 11 is 0. The van der Waals surface area contributed by atoms with Gasteiger partial charge in [-0.2, -0.15) is 0 Å². The van der Waals surface area contributed by atoms with Gasteiger partial charge >= 0.3 is 0 Å². The topological polar surface area (TPSA) is 32.3 Å². The molecule has 2 aromatic rings. The maximum atomic E-state index is 12.3. The molecule has 0 unspecified atom stereocenters. The van der Waals surface area contributed by atoms with E-state index in [0.717, 1.165) is 38.8 Å². The van der Waals surface area contributed by atoms with Gasteiger partial charge in [0.1, 0.15) is 0 Å². The molecule has 0 saturated carbocycles. The number of rotatable bonds is 6. The lowest BCUT2D eigenvalue weighted by atomic mass is 9.90.